The lowest BCUT2D eigenvalue weighted by Gasteiger charge is -2.43. The van der Waals surface area contributed by atoms with Crippen LogP contribution >= 0.6 is 11.3 Å². The Labute approximate surface area is 202 Å². The summed E-state index contributed by atoms with van der Waals surface area (Å²) in [5, 5.41) is 3.41. The topological polar surface area (TPSA) is 71.0 Å². The van der Waals surface area contributed by atoms with Gasteiger partial charge in [-0.1, -0.05) is 37.3 Å². The number of benzene rings is 1. The van der Waals surface area contributed by atoms with Crippen LogP contribution in [0.25, 0.3) is 10.4 Å². The number of alkyl halides is 5. The van der Waals surface area contributed by atoms with Crippen molar-refractivity contribution in [2.75, 3.05) is 18.4 Å². The summed E-state index contributed by atoms with van der Waals surface area (Å²) in [6.07, 6.45) is -3.73. The summed E-state index contributed by atoms with van der Waals surface area (Å²) >= 11 is 1.30. The molecule has 12 heteroatoms. The second-order valence-electron chi connectivity index (χ2n) is 8.49. The third-order valence-electron chi connectivity index (χ3n) is 5.76. The third-order valence-corrected chi connectivity index (χ3v) is 6.78. The SMILES string of the molecule is Cc1nc(C(=O)N2CC(F)(F)C[C@@H](C)C2CNc2ncc(C(F)(F)F)cn2)c(-c2ccccc2)s1. The molecular formula is C23H22F5N5OS. The average Bonchev–Trinajstić information content (AvgIpc) is 3.19. The summed E-state index contributed by atoms with van der Waals surface area (Å²) in [6, 6.07) is 8.41. The number of aryl methyl sites for hydroxylation is 1. The van der Waals surface area contributed by atoms with Crippen molar-refractivity contribution in [3.63, 3.8) is 0 Å². The Bertz CT molecular complexity index is 1180. The van der Waals surface area contributed by atoms with Crippen LogP contribution in [0.4, 0.5) is 27.9 Å². The van der Waals surface area contributed by atoms with Gasteiger partial charge in [0.2, 0.25) is 5.95 Å². The fourth-order valence-corrected chi connectivity index (χ4v) is 5.05. The van der Waals surface area contributed by atoms with Crippen molar-refractivity contribution >= 4 is 23.2 Å². The highest BCUT2D eigenvalue weighted by Crippen LogP contribution is 2.37. The highest BCUT2D eigenvalue weighted by atomic mass is 32.1. The molecule has 1 unspecified atom stereocenters. The molecule has 1 N–H and O–H groups in total. The zero-order valence-corrected chi connectivity index (χ0v) is 19.6. The molecule has 4 rings (SSSR count). The van der Waals surface area contributed by atoms with Gasteiger partial charge in [-0.3, -0.25) is 4.79 Å². The van der Waals surface area contributed by atoms with E-state index in [0.717, 1.165) is 10.5 Å². The van der Waals surface area contributed by atoms with Crippen molar-refractivity contribution in [3.8, 4) is 10.4 Å². The van der Waals surface area contributed by atoms with Crippen LogP contribution in [0.15, 0.2) is 42.7 Å². The maximum absolute atomic E-state index is 14.5. The lowest BCUT2D eigenvalue weighted by molar-refractivity contribution is -0.138. The summed E-state index contributed by atoms with van der Waals surface area (Å²) in [6.45, 7) is 2.54. The Kier molecular flexibility index (Phi) is 6.76. The van der Waals surface area contributed by atoms with Crippen molar-refractivity contribution in [2.45, 2.75) is 38.4 Å². The molecule has 3 heterocycles. The number of piperidine rings is 1. The number of nitrogens with zero attached hydrogens (tertiary/aromatic N) is 4. The van der Waals surface area contributed by atoms with E-state index in [4.69, 9.17) is 0 Å². The number of likely N-dealkylation sites (tertiary alicyclic amines) is 1. The van der Waals surface area contributed by atoms with Gasteiger partial charge in [0.1, 0.15) is 5.69 Å². The molecule has 0 bridgehead atoms. The molecule has 3 aromatic rings. The minimum absolute atomic E-state index is 0.0157. The first kappa shape index (κ1) is 25.0. The summed E-state index contributed by atoms with van der Waals surface area (Å²) in [4.78, 5) is 26.9. The van der Waals surface area contributed by atoms with E-state index in [1.165, 1.54) is 11.3 Å². The minimum Gasteiger partial charge on any atom is -0.352 e. The second kappa shape index (κ2) is 9.48. The number of carbonyl (C=O) groups is 1. The predicted octanol–water partition coefficient (Wildman–Crippen LogP) is 5.53. The van der Waals surface area contributed by atoms with Gasteiger partial charge in [0.15, 0.2) is 0 Å². The Morgan fingerprint density at radius 2 is 1.86 bits per heavy atom. The average molecular weight is 512 g/mol. The second-order valence-corrected chi connectivity index (χ2v) is 9.69. The van der Waals surface area contributed by atoms with E-state index in [1.807, 2.05) is 30.3 Å². The molecule has 1 fully saturated rings. The fourth-order valence-electron chi connectivity index (χ4n) is 4.13. The molecule has 35 heavy (non-hydrogen) atoms. The molecule has 0 aliphatic carbocycles. The molecule has 186 valence electrons. The highest BCUT2D eigenvalue weighted by molar-refractivity contribution is 7.15. The van der Waals surface area contributed by atoms with Crippen molar-refractivity contribution in [3.05, 3.63) is 59.0 Å². The number of aromatic nitrogens is 3. The predicted molar refractivity (Wildman–Crippen MR) is 121 cm³/mol. The first-order valence-electron chi connectivity index (χ1n) is 10.8. The lowest BCUT2D eigenvalue weighted by Crippen LogP contribution is -2.57. The first-order valence-corrected chi connectivity index (χ1v) is 11.6. The summed E-state index contributed by atoms with van der Waals surface area (Å²) in [5.41, 5.74) is -0.150. The fraction of sp³-hybridized carbons (Fsp3) is 0.391. The van der Waals surface area contributed by atoms with Crippen LogP contribution < -0.4 is 5.32 Å². The van der Waals surface area contributed by atoms with Gasteiger partial charge in [-0.05, 0) is 18.4 Å². The zero-order chi connectivity index (χ0) is 25.4. The van der Waals surface area contributed by atoms with Gasteiger partial charge in [-0.2, -0.15) is 13.2 Å². The van der Waals surface area contributed by atoms with E-state index in [2.05, 4.69) is 20.3 Å². The van der Waals surface area contributed by atoms with Crippen LogP contribution in [0.3, 0.4) is 0 Å². The molecular weight excluding hydrogens is 489 g/mol. The van der Waals surface area contributed by atoms with E-state index in [-0.39, 0.29) is 18.2 Å². The monoisotopic (exact) mass is 511 g/mol. The smallest absolute Gasteiger partial charge is 0.352 e. The third kappa shape index (κ3) is 5.58. The van der Waals surface area contributed by atoms with Crippen LogP contribution in [0.2, 0.25) is 0 Å². The molecule has 0 radical (unpaired) electrons. The molecule has 1 aliphatic rings. The van der Waals surface area contributed by atoms with E-state index in [0.29, 0.717) is 22.3 Å². The van der Waals surface area contributed by atoms with Gasteiger partial charge in [-0.15, -0.1) is 11.3 Å². The van der Waals surface area contributed by atoms with Crippen LogP contribution in [0, 0.1) is 12.8 Å². The number of rotatable bonds is 5. The van der Waals surface area contributed by atoms with Gasteiger partial charge in [0.25, 0.3) is 11.8 Å². The van der Waals surface area contributed by atoms with Gasteiger partial charge in [0.05, 0.1) is 28.0 Å². The quantitative estimate of drug-likeness (QED) is 0.457. The van der Waals surface area contributed by atoms with Crippen LogP contribution in [-0.2, 0) is 6.18 Å². The van der Waals surface area contributed by atoms with Gasteiger partial charge in [-0.25, -0.2) is 23.7 Å². The van der Waals surface area contributed by atoms with Crippen LogP contribution in [-0.4, -0.2) is 50.8 Å². The molecule has 0 saturated carbocycles. The molecule has 1 saturated heterocycles. The van der Waals surface area contributed by atoms with E-state index in [9.17, 15) is 26.7 Å². The molecule has 1 aliphatic heterocycles. The highest BCUT2D eigenvalue weighted by Gasteiger charge is 2.47. The van der Waals surface area contributed by atoms with E-state index in [1.54, 1.807) is 13.8 Å². The maximum atomic E-state index is 14.5. The summed E-state index contributed by atoms with van der Waals surface area (Å²) < 4.78 is 67.4. The van der Waals surface area contributed by atoms with Crippen molar-refractivity contribution in [2.24, 2.45) is 5.92 Å². The zero-order valence-electron chi connectivity index (χ0n) is 18.8. The Balaban J connectivity index is 1.60. The number of hydrogen-bond acceptors (Lipinski definition) is 6. The number of carbonyl (C=O) groups excluding carboxylic acids is 1. The molecule has 1 amide bonds. The molecule has 6 nitrogen and oxygen atoms in total. The molecule has 2 aromatic heterocycles. The summed E-state index contributed by atoms with van der Waals surface area (Å²) in [7, 11) is 0. The molecule has 1 aromatic carbocycles. The van der Waals surface area contributed by atoms with E-state index < -0.39 is 48.5 Å². The normalized spacial score (nSPS) is 20.0. The maximum Gasteiger partial charge on any atom is 0.419 e. The van der Waals surface area contributed by atoms with Crippen LogP contribution in [0.1, 0.15) is 34.4 Å². The first-order chi connectivity index (χ1) is 16.4. The molecule has 2 atom stereocenters. The molecule has 0 spiro atoms. The van der Waals surface area contributed by atoms with Gasteiger partial charge >= 0.3 is 6.18 Å². The number of amides is 1. The number of hydrogen-bond donors (Lipinski definition) is 1. The standard InChI is InChI=1S/C23H22F5N5OS/c1-13-8-22(24,25)12-33(17(13)11-31-21-29-9-16(10-30-21)23(26,27)28)20(34)18-19(35-14(2)32-18)15-6-4-3-5-7-15/h3-7,9-10,13,17H,8,11-12H2,1-2H3,(H,29,30,31)/t13-,17?/m1/s1. The van der Waals surface area contributed by atoms with Gasteiger partial charge in [0, 0.05) is 25.4 Å². The van der Waals surface area contributed by atoms with Gasteiger partial charge < -0.3 is 10.2 Å². The number of nitrogens with one attached hydrogen (secondary N) is 1. The van der Waals surface area contributed by atoms with Crippen molar-refractivity contribution in [1.82, 2.24) is 19.9 Å². The van der Waals surface area contributed by atoms with Crippen molar-refractivity contribution < 1.29 is 26.7 Å². The minimum atomic E-state index is -4.58. The largest absolute Gasteiger partial charge is 0.419 e. The van der Waals surface area contributed by atoms with Crippen molar-refractivity contribution in [1.29, 1.82) is 0 Å². The number of anilines is 1. The van der Waals surface area contributed by atoms with E-state index >= 15 is 0 Å². The Morgan fingerprint density at radius 3 is 2.49 bits per heavy atom. The Hall–Kier alpha value is -3.15. The lowest BCUT2D eigenvalue weighted by atomic mass is 9.88. The Morgan fingerprint density at radius 1 is 1.20 bits per heavy atom. The number of thiazole rings is 1. The number of halogens is 5. The summed E-state index contributed by atoms with van der Waals surface area (Å²) in [5.74, 6) is -4.41. The van der Waals surface area contributed by atoms with Crippen LogP contribution in [0.5, 0.6) is 0 Å².